The largest absolute Gasteiger partial charge is 0.508 e. The number of pyridine rings is 1. The van der Waals surface area contributed by atoms with Crippen molar-refractivity contribution in [3.05, 3.63) is 41.5 Å². The molecule has 5 heterocycles. The third kappa shape index (κ3) is 4.45. The van der Waals surface area contributed by atoms with Crippen LogP contribution in [0.25, 0.3) is 32.9 Å². The van der Waals surface area contributed by atoms with E-state index in [1.54, 1.807) is 0 Å². The Morgan fingerprint density at radius 3 is 2.76 bits per heavy atom. The Labute approximate surface area is 265 Å². The van der Waals surface area contributed by atoms with E-state index in [2.05, 4.69) is 32.7 Å². The summed E-state index contributed by atoms with van der Waals surface area (Å²) in [5.41, 5.74) is -0.174. The number of phenolic OH excluding ortho intramolecular Hbond substituents is 1. The third-order valence-corrected chi connectivity index (χ3v) is 10.6. The van der Waals surface area contributed by atoms with Gasteiger partial charge in [-0.05, 0) is 69.3 Å². The number of anilines is 1. The molecule has 3 saturated heterocycles. The molecule has 2 aromatic heterocycles. The van der Waals surface area contributed by atoms with E-state index in [9.17, 15) is 9.50 Å². The quantitative estimate of drug-likeness (QED) is 0.281. The average molecular weight is 628 g/mol. The minimum atomic E-state index is -0.779. The topological polar surface area (TPSA) is 93.1 Å². The molecule has 0 amide bonds. The lowest BCUT2D eigenvalue weighted by atomic mass is 9.76. The highest BCUT2D eigenvalue weighted by Gasteiger charge is 2.48. The van der Waals surface area contributed by atoms with Gasteiger partial charge in [0.1, 0.15) is 34.0 Å². The molecule has 2 aromatic carbocycles. The van der Waals surface area contributed by atoms with E-state index < -0.39 is 11.6 Å². The summed E-state index contributed by atoms with van der Waals surface area (Å²) in [5, 5.41) is 11.6. The molecule has 1 aliphatic carbocycles. The number of morpholine rings is 1. The van der Waals surface area contributed by atoms with Crippen LogP contribution in [-0.2, 0) is 4.74 Å². The number of likely N-dealkylation sites (tertiary alicyclic amines) is 1. The molecule has 1 N–H and O–H groups in total. The number of rotatable bonds is 6. The van der Waals surface area contributed by atoms with Gasteiger partial charge in [0.25, 0.3) is 0 Å². The molecule has 3 aliphatic heterocycles. The first-order chi connectivity index (χ1) is 22.3. The number of ether oxygens (including phenoxy) is 3. The Morgan fingerprint density at radius 1 is 1.15 bits per heavy atom. The number of hydrogen-bond donors (Lipinski definition) is 1. The summed E-state index contributed by atoms with van der Waals surface area (Å²) in [4.78, 5) is 18.7. The Hall–Kier alpha value is -4.27. The molecule has 4 fully saturated rings. The number of nitrogens with zero attached hydrogens (tertiary/aromatic N) is 5. The SMILES string of the molecule is C#Cc1c(F)ccc2cc(O)cc(-c3nc(OC)c4c(N5C[C@H]6C[C@@H]5CO6)nc(OC[C@]56CCC[C@H]5N(C)CCC6)nc4c3F)c12. The molecular weight excluding hydrogens is 592 g/mol. The van der Waals surface area contributed by atoms with Crippen molar-refractivity contribution >= 4 is 27.5 Å². The number of hydrogen-bond acceptors (Lipinski definition) is 9. The van der Waals surface area contributed by atoms with E-state index in [1.165, 1.54) is 31.4 Å². The van der Waals surface area contributed by atoms with Crippen molar-refractivity contribution in [2.24, 2.45) is 5.41 Å². The molecule has 8 rings (SSSR count). The van der Waals surface area contributed by atoms with Crippen molar-refractivity contribution < 1.29 is 28.1 Å². The average Bonchev–Trinajstić information content (AvgIpc) is 3.81. The van der Waals surface area contributed by atoms with Crippen LogP contribution in [0.1, 0.15) is 44.1 Å². The van der Waals surface area contributed by atoms with Crippen molar-refractivity contribution in [3.63, 3.8) is 0 Å². The fourth-order valence-electron chi connectivity index (χ4n) is 8.50. The predicted molar refractivity (Wildman–Crippen MR) is 169 cm³/mol. The van der Waals surface area contributed by atoms with Crippen molar-refractivity contribution in [1.82, 2.24) is 19.9 Å². The van der Waals surface area contributed by atoms with E-state index in [-0.39, 0.29) is 62.9 Å². The Bertz CT molecular complexity index is 1930. The Kier molecular flexibility index (Phi) is 6.92. The second-order valence-electron chi connectivity index (χ2n) is 13.1. The van der Waals surface area contributed by atoms with Gasteiger partial charge in [-0.15, -0.1) is 6.42 Å². The molecule has 1 saturated carbocycles. The maximum Gasteiger partial charge on any atom is 0.319 e. The highest BCUT2D eigenvalue weighted by atomic mass is 19.1. The summed E-state index contributed by atoms with van der Waals surface area (Å²) in [7, 11) is 3.63. The lowest BCUT2D eigenvalue weighted by Gasteiger charge is -2.44. The molecule has 4 aromatic rings. The van der Waals surface area contributed by atoms with Crippen molar-refractivity contribution in [3.8, 4) is 41.2 Å². The highest BCUT2D eigenvalue weighted by molar-refractivity contribution is 6.04. The van der Waals surface area contributed by atoms with Gasteiger partial charge in [-0.25, -0.2) is 13.8 Å². The van der Waals surface area contributed by atoms with E-state index in [0.29, 0.717) is 42.4 Å². The number of fused-ring (bicyclic) bond motifs is 5. The standard InChI is InChI=1S/C35H35F2N5O4/c1-4-23-25(36)9-8-19-13-21(43)15-24(27(19)23)30-29(37)31-28(33(38-30)44-3)32(42-16-22-14-20(42)17-45-22)40-34(39-31)46-18-35-10-5-7-26(35)41(2)12-6-11-35/h1,8-9,13,15,20,22,26,43H,5-7,10-12,14,16-18H2,2-3H3/t20-,22-,26-,35-/m1/s1. The lowest BCUT2D eigenvalue weighted by Crippen LogP contribution is -2.50. The molecular formula is C35H35F2N5O4. The number of aromatic hydroxyl groups is 1. The highest BCUT2D eigenvalue weighted by Crippen LogP contribution is 2.48. The summed E-state index contributed by atoms with van der Waals surface area (Å²) in [6.07, 6.45) is 12.1. The molecule has 4 atom stereocenters. The van der Waals surface area contributed by atoms with Gasteiger partial charge in [0.2, 0.25) is 5.88 Å². The Morgan fingerprint density at radius 2 is 2.00 bits per heavy atom. The Balaban J connectivity index is 1.32. The number of terminal acetylenes is 1. The molecule has 9 nitrogen and oxygen atoms in total. The molecule has 0 spiro atoms. The number of halogens is 2. The smallest absolute Gasteiger partial charge is 0.319 e. The maximum absolute atomic E-state index is 17.0. The van der Waals surface area contributed by atoms with Crippen molar-refractivity contribution in [2.75, 3.05) is 45.4 Å². The zero-order valence-corrected chi connectivity index (χ0v) is 25.9. The van der Waals surface area contributed by atoms with Crippen LogP contribution in [0.2, 0.25) is 0 Å². The minimum absolute atomic E-state index is 0.0121. The molecule has 238 valence electrons. The fourth-order valence-corrected chi connectivity index (χ4v) is 8.50. The van der Waals surface area contributed by atoms with E-state index in [0.717, 1.165) is 45.1 Å². The van der Waals surface area contributed by atoms with E-state index in [1.807, 2.05) is 0 Å². The van der Waals surface area contributed by atoms with Gasteiger partial charge < -0.3 is 29.1 Å². The van der Waals surface area contributed by atoms with Crippen molar-refractivity contribution in [1.29, 1.82) is 0 Å². The number of phenols is 1. The van der Waals surface area contributed by atoms with Crippen LogP contribution in [0, 0.1) is 29.4 Å². The zero-order valence-electron chi connectivity index (χ0n) is 25.9. The lowest BCUT2D eigenvalue weighted by molar-refractivity contribution is 0.0133. The molecule has 11 heteroatoms. The summed E-state index contributed by atoms with van der Waals surface area (Å²) in [6, 6.07) is 6.04. The summed E-state index contributed by atoms with van der Waals surface area (Å²) in [6.45, 7) is 2.62. The molecule has 4 aliphatic rings. The van der Waals surface area contributed by atoms with Crippen LogP contribution >= 0.6 is 0 Å². The first-order valence-corrected chi connectivity index (χ1v) is 15.9. The van der Waals surface area contributed by atoms with Crippen LogP contribution < -0.4 is 14.4 Å². The summed E-state index contributed by atoms with van der Waals surface area (Å²) >= 11 is 0. The summed E-state index contributed by atoms with van der Waals surface area (Å²) in [5.74, 6) is 1.38. The van der Waals surface area contributed by atoms with E-state index in [4.69, 9.17) is 25.6 Å². The van der Waals surface area contributed by atoms with Crippen molar-refractivity contribution in [2.45, 2.75) is 56.7 Å². The number of benzene rings is 2. The fraction of sp³-hybridized carbons (Fsp3) is 0.457. The number of aromatic nitrogens is 3. The van der Waals surface area contributed by atoms with Crippen LogP contribution in [0.5, 0.6) is 17.6 Å². The molecule has 0 radical (unpaired) electrons. The van der Waals surface area contributed by atoms with E-state index >= 15 is 4.39 Å². The van der Waals surface area contributed by atoms with Gasteiger partial charge in [-0.3, -0.25) is 0 Å². The molecule has 0 unspecified atom stereocenters. The normalized spacial score (nSPS) is 25.7. The van der Waals surface area contributed by atoms with Gasteiger partial charge in [0.05, 0.1) is 38.0 Å². The molecule has 46 heavy (non-hydrogen) atoms. The third-order valence-electron chi connectivity index (χ3n) is 10.6. The second kappa shape index (κ2) is 10.9. The molecule has 2 bridgehead atoms. The maximum atomic E-state index is 17.0. The van der Waals surface area contributed by atoms with Crippen LogP contribution in [0.4, 0.5) is 14.6 Å². The van der Waals surface area contributed by atoms with Gasteiger partial charge in [0, 0.05) is 29.0 Å². The predicted octanol–water partition coefficient (Wildman–Crippen LogP) is 5.44. The van der Waals surface area contributed by atoms with Gasteiger partial charge in [-0.2, -0.15) is 9.97 Å². The zero-order chi connectivity index (χ0) is 31.7. The van der Waals surface area contributed by atoms with Gasteiger partial charge in [0.15, 0.2) is 5.82 Å². The van der Waals surface area contributed by atoms with Crippen LogP contribution in [0.15, 0.2) is 24.3 Å². The minimum Gasteiger partial charge on any atom is -0.508 e. The first kappa shape index (κ1) is 29.2. The van der Waals surface area contributed by atoms with Crippen LogP contribution in [0.3, 0.4) is 0 Å². The van der Waals surface area contributed by atoms with Crippen LogP contribution in [-0.4, -0.2) is 83.6 Å². The number of piperidine rings is 1. The first-order valence-electron chi connectivity index (χ1n) is 15.9. The summed E-state index contributed by atoms with van der Waals surface area (Å²) < 4.78 is 50.0. The monoisotopic (exact) mass is 627 g/mol. The van der Waals surface area contributed by atoms with Gasteiger partial charge >= 0.3 is 6.01 Å². The number of methoxy groups -OCH3 is 1. The second-order valence-corrected chi connectivity index (χ2v) is 13.1. The van der Waals surface area contributed by atoms with Gasteiger partial charge in [-0.1, -0.05) is 18.4 Å².